The van der Waals surface area contributed by atoms with Crippen molar-refractivity contribution in [2.24, 2.45) is 0 Å². The first-order valence-corrected chi connectivity index (χ1v) is 6.61. The Morgan fingerprint density at radius 2 is 2.35 bits per heavy atom. The second kappa shape index (κ2) is 4.63. The van der Waals surface area contributed by atoms with Gasteiger partial charge in [-0.3, -0.25) is 4.79 Å². The summed E-state index contributed by atoms with van der Waals surface area (Å²) in [6.45, 7) is 2.54. The molecule has 1 aromatic carbocycles. The summed E-state index contributed by atoms with van der Waals surface area (Å²) in [4.78, 5) is 27.2. The monoisotopic (exact) mass is 273 g/mol. The van der Waals surface area contributed by atoms with E-state index in [9.17, 15) is 14.7 Å². The molecule has 0 spiro atoms. The summed E-state index contributed by atoms with van der Waals surface area (Å²) in [7, 11) is 0. The maximum Gasteiger partial charge on any atom is 0.337 e. The van der Waals surface area contributed by atoms with Crippen LogP contribution in [0, 0.1) is 0 Å². The predicted octanol–water partition coefficient (Wildman–Crippen LogP) is 1.36. The second-order valence-electron chi connectivity index (χ2n) is 4.89. The minimum atomic E-state index is -0.983. The number of aryl methyl sites for hydroxylation is 1. The van der Waals surface area contributed by atoms with Crippen LogP contribution in [0.3, 0.4) is 0 Å². The number of benzene rings is 1. The zero-order valence-corrected chi connectivity index (χ0v) is 11.1. The molecular formula is C14H15N3O3. The van der Waals surface area contributed by atoms with Crippen molar-refractivity contribution in [2.45, 2.75) is 25.8 Å². The minimum Gasteiger partial charge on any atom is -0.478 e. The highest BCUT2D eigenvalue weighted by molar-refractivity contribution is 6.01. The zero-order valence-electron chi connectivity index (χ0n) is 11.1. The fourth-order valence-electron chi connectivity index (χ4n) is 2.77. The van der Waals surface area contributed by atoms with Gasteiger partial charge in [0.05, 0.1) is 17.1 Å². The molecule has 1 aliphatic rings. The molecule has 1 fully saturated rings. The number of imidazole rings is 1. The van der Waals surface area contributed by atoms with Gasteiger partial charge in [0.1, 0.15) is 11.3 Å². The van der Waals surface area contributed by atoms with Gasteiger partial charge in [-0.2, -0.15) is 0 Å². The van der Waals surface area contributed by atoms with Gasteiger partial charge in [-0.15, -0.1) is 0 Å². The third-order valence-corrected chi connectivity index (χ3v) is 3.66. The zero-order chi connectivity index (χ0) is 14.3. The van der Waals surface area contributed by atoms with Gasteiger partial charge in [0.2, 0.25) is 5.91 Å². The molecule has 3 rings (SSSR count). The summed E-state index contributed by atoms with van der Waals surface area (Å²) < 4.78 is 2.00. The summed E-state index contributed by atoms with van der Waals surface area (Å²) in [6.07, 6.45) is 1.11. The van der Waals surface area contributed by atoms with Gasteiger partial charge in [0.25, 0.3) is 0 Å². The third kappa shape index (κ3) is 1.84. The molecule has 6 heteroatoms. The Morgan fingerprint density at radius 3 is 2.95 bits per heavy atom. The van der Waals surface area contributed by atoms with Crippen LogP contribution in [-0.4, -0.2) is 33.1 Å². The molecule has 2 aromatic rings. The molecule has 1 unspecified atom stereocenters. The van der Waals surface area contributed by atoms with Crippen LogP contribution >= 0.6 is 0 Å². The van der Waals surface area contributed by atoms with Gasteiger partial charge < -0.3 is 15.0 Å². The molecule has 2 heterocycles. The van der Waals surface area contributed by atoms with Crippen LogP contribution in [0.25, 0.3) is 11.0 Å². The van der Waals surface area contributed by atoms with Crippen LogP contribution in [0.5, 0.6) is 0 Å². The lowest BCUT2D eigenvalue weighted by Gasteiger charge is -2.14. The molecule has 1 atom stereocenters. The Labute approximate surface area is 115 Å². The van der Waals surface area contributed by atoms with Gasteiger partial charge in [0, 0.05) is 19.4 Å². The number of aromatic nitrogens is 2. The van der Waals surface area contributed by atoms with Gasteiger partial charge in [-0.25, -0.2) is 9.78 Å². The van der Waals surface area contributed by atoms with Crippen LogP contribution < -0.4 is 5.32 Å². The number of rotatable bonds is 3. The van der Waals surface area contributed by atoms with Crippen LogP contribution in [0.2, 0.25) is 0 Å². The molecule has 1 amide bonds. The Bertz CT molecular complexity index is 705. The molecule has 104 valence electrons. The van der Waals surface area contributed by atoms with Gasteiger partial charge in [-0.05, 0) is 12.1 Å². The average Bonchev–Trinajstić information content (AvgIpc) is 3.00. The minimum absolute atomic E-state index is 0.00601. The van der Waals surface area contributed by atoms with Gasteiger partial charge >= 0.3 is 5.97 Å². The summed E-state index contributed by atoms with van der Waals surface area (Å²) in [5.41, 5.74) is 1.48. The lowest BCUT2D eigenvalue weighted by Crippen LogP contribution is -2.16. The maximum atomic E-state index is 11.4. The van der Waals surface area contributed by atoms with Crippen molar-refractivity contribution in [3.8, 4) is 0 Å². The second-order valence-corrected chi connectivity index (χ2v) is 4.89. The SMILES string of the molecule is CCc1nc2c(C(=O)O)cccc2n1C1CNC(=O)C1. The van der Waals surface area contributed by atoms with Crippen molar-refractivity contribution in [3.05, 3.63) is 29.6 Å². The fourth-order valence-corrected chi connectivity index (χ4v) is 2.77. The molecule has 1 aromatic heterocycles. The number of fused-ring (bicyclic) bond motifs is 1. The van der Waals surface area contributed by atoms with Crippen LogP contribution in [0.1, 0.15) is 35.6 Å². The van der Waals surface area contributed by atoms with Crippen molar-refractivity contribution in [2.75, 3.05) is 6.54 Å². The molecule has 0 saturated carbocycles. The molecule has 20 heavy (non-hydrogen) atoms. The largest absolute Gasteiger partial charge is 0.478 e. The average molecular weight is 273 g/mol. The Hall–Kier alpha value is -2.37. The van der Waals surface area contributed by atoms with E-state index in [1.807, 2.05) is 17.6 Å². The number of carbonyl (C=O) groups is 2. The number of nitrogens with zero attached hydrogens (tertiary/aromatic N) is 2. The normalized spacial score (nSPS) is 18.4. The van der Waals surface area contributed by atoms with E-state index in [2.05, 4.69) is 10.3 Å². The number of carboxylic acid groups (broad SMARTS) is 1. The Kier molecular flexibility index (Phi) is 2.93. The van der Waals surface area contributed by atoms with E-state index in [1.165, 1.54) is 0 Å². The van der Waals surface area contributed by atoms with E-state index in [1.54, 1.807) is 12.1 Å². The molecule has 0 aliphatic carbocycles. The predicted molar refractivity (Wildman–Crippen MR) is 72.7 cm³/mol. The van der Waals surface area contributed by atoms with Gasteiger partial charge in [0.15, 0.2) is 0 Å². The highest BCUT2D eigenvalue weighted by Crippen LogP contribution is 2.27. The summed E-state index contributed by atoms with van der Waals surface area (Å²) in [5.74, 6) is -0.146. The number of hydrogen-bond donors (Lipinski definition) is 2. The fraction of sp³-hybridized carbons (Fsp3) is 0.357. The van der Waals surface area contributed by atoms with Crippen molar-refractivity contribution >= 4 is 22.9 Å². The summed E-state index contributed by atoms with van der Waals surface area (Å²) in [6, 6.07) is 5.13. The first-order valence-electron chi connectivity index (χ1n) is 6.61. The summed E-state index contributed by atoms with van der Waals surface area (Å²) >= 11 is 0. The summed E-state index contributed by atoms with van der Waals surface area (Å²) in [5, 5.41) is 12.1. The standard InChI is InChI=1S/C14H15N3O3/c1-2-11-16-13-9(14(19)20)4-3-5-10(13)17(11)8-6-12(18)15-7-8/h3-5,8H,2,6-7H2,1H3,(H,15,18)(H,19,20). The number of aromatic carboxylic acids is 1. The lowest BCUT2D eigenvalue weighted by atomic mass is 10.1. The van der Waals surface area contributed by atoms with Crippen molar-refractivity contribution in [1.82, 2.24) is 14.9 Å². The Balaban J connectivity index is 2.22. The number of carboxylic acids is 1. The molecule has 0 bridgehead atoms. The number of hydrogen-bond acceptors (Lipinski definition) is 3. The molecular weight excluding hydrogens is 258 g/mol. The number of para-hydroxylation sites is 1. The van der Waals surface area contributed by atoms with Crippen LogP contribution in [0.15, 0.2) is 18.2 Å². The maximum absolute atomic E-state index is 11.4. The van der Waals surface area contributed by atoms with E-state index >= 15 is 0 Å². The number of carbonyl (C=O) groups excluding carboxylic acids is 1. The number of nitrogens with one attached hydrogen (secondary N) is 1. The third-order valence-electron chi connectivity index (χ3n) is 3.66. The van der Waals surface area contributed by atoms with E-state index in [0.717, 1.165) is 11.3 Å². The highest BCUT2D eigenvalue weighted by atomic mass is 16.4. The van der Waals surface area contributed by atoms with Crippen LogP contribution in [-0.2, 0) is 11.2 Å². The molecule has 6 nitrogen and oxygen atoms in total. The van der Waals surface area contributed by atoms with Crippen LogP contribution in [0.4, 0.5) is 0 Å². The van der Waals surface area contributed by atoms with Crippen molar-refractivity contribution in [1.29, 1.82) is 0 Å². The molecule has 1 aliphatic heterocycles. The number of amides is 1. The van der Waals surface area contributed by atoms with E-state index in [4.69, 9.17) is 0 Å². The molecule has 0 radical (unpaired) electrons. The van der Waals surface area contributed by atoms with Gasteiger partial charge in [-0.1, -0.05) is 13.0 Å². The smallest absolute Gasteiger partial charge is 0.337 e. The first kappa shape index (κ1) is 12.7. The van der Waals surface area contributed by atoms with Crippen molar-refractivity contribution < 1.29 is 14.7 Å². The van der Waals surface area contributed by atoms with E-state index < -0.39 is 5.97 Å². The quantitative estimate of drug-likeness (QED) is 0.884. The highest BCUT2D eigenvalue weighted by Gasteiger charge is 2.27. The van der Waals surface area contributed by atoms with E-state index in [-0.39, 0.29) is 17.5 Å². The molecule has 2 N–H and O–H groups in total. The topological polar surface area (TPSA) is 84.2 Å². The Morgan fingerprint density at radius 1 is 1.55 bits per heavy atom. The first-order chi connectivity index (χ1) is 9.61. The lowest BCUT2D eigenvalue weighted by molar-refractivity contribution is -0.119. The molecule has 1 saturated heterocycles. The van der Waals surface area contributed by atoms with E-state index in [0.29, 0.717) is 24.9 Å². The van der Waals surface area contributed by atoms with Crippen molar-refractivity contribution in [3.63, 3.8) is 0 Å².